The van der Waals surface area contributed by atoms with Gasteiger partial charge in [-0.3, -0.25) is 4.79 Å². The SMILES string of the molecule is COCCCN(CC(=O)Nc1cc(C(C)(C)C)nn1-c1ccccc1C)C(=O)Nc1ccc(Cl)cc1. The van der Waals surface area contributed by atoms with Gasteiger partial charge in [0.2, 0.25) is 5.91 Å². The molecule has 1 aromatic heterocycles. The summed E-state index contributed by atoms with van der Waals surface area (Å²) in [6, 6.07) is 16.2. The average Bonchev–Trinajstić information content (AvgIpc) is 3.24. The second-order valence-corrected chi connectivity index (χ2v) is 10.1. The number of methoxy groups -OCH3 is 1. The highest BCUT2D eigenvalue weighted by atomic mass is 35.5. The Labute approximate surface area is 217 Å². The molecule has 192 valence electrons. The van der Waals surface area contributed by atoms with Gasteiger partial charge in [0.25, 0.3) is 0 Å². The van der Waals surface area contributed by atoms with Crippen LogP contribution in [0.2, 0.25) is 5.02 Å². The lowest BCUT2D eigenvalue weighted by Crippen LogP contribution is -2.41. The van der Waals surface area contributed by atoms with Crippen LogP contribution in [0.1, 0.15) is 38.4 Å². The number of hydrogen-bond acceptors (Lipinski definition) is 4. The van der Waals surface area contributed by atoms with E-state index < -0.39 is 0 Å². The summed E-state index contributed by atoms with van der Waals surface area (Å²) in [5.41, 5.74) is 3.13. The Morgan fingerprint density at radius 2 is 1.78 bits per heavy atom. The predicted octanol–water partition coefficient (Wildman–Crippen LogP) is 5.64. The van der Waals surface area contributed by atoms with Crippen LogP contribution in [0.25, 0.3) is 5.69 Å². The lowest BCUT2D eigenvalue weighted by atomic mass is 9.92. The summed E-state index contributed by atoms with van der Waals surface area (Å²) in [6.45, 7) is 8.91. The van der Waals surface area contributed by atoms with Crippen molar-refractivity contribution in [2.75, 3.05) is 37.4 Å². The van der Waals surface area contributed by atoms with Gasteiger partial charge in [-0.05, 0) is 49.2 Å². The summed E-state index contributed by atoms with van der Waals surface area (Å²) in [5.74, 6) is 0.225. The number of amides is 3. The Bertz CT molecular complexity index is 1180. The Balaban J connectivity index is 1.81. The third-order valence-electron chi connectivity index (χ3n) is 5.58. The molecular weight excluding hydrogens is 478 g/mol. The van der Waals surface area contributed by atoms with Gasteiger partial charge in [-0.15, -0.1) is 0 Å². The van der Waals surface area contributed by atoms with Crippen molar-refractivity contribution < 1.29 is 14.3 Å². The van der Waals surface area contributed by atoms with Crippen molar-refractivity contribution >= 4 is 35.0 Å². The molecule has 3 amide bonds. The molecule has 1 heterocycles. The lowest BCUT2D eigenvalue weighted by molar-refractivity contribution is -0.116. The second-order valence-electron chi connectivity index (χ2n) is 9.62. The van der Waals surface area contributed by atoms with Gasteiger partial charge in [-0.1, -0.05) is 50.6 Å². The molecule has 0 aliphatic rings. The number of halogens is 1. The first kappa shape index (κ1) is 27.2. The van der Waals surface area contributed by atoms with Gasteiger partial charge < -0.3 is 20.3 Å². The number of aryl methyl sites for hydroxylation is 1. The van der Waals surface area contributed by atoms with E-state index in [-0.39, 0.29) is 23.9 Å². The molecule has 0 aliphatic carbocycles. The lowest BCUT2D eigenvalue weighted by Gasteiger charge is -2.23. The largest absolute Gasteiger partial charge is 0.385 e. The van der Waals surface area contributed by atoms with E-state index in [0.717, 1.165) is 16.9 Å². The van der Waals surface area contributed by atoms with Crippen LogP contribution in [0.15, 0.2) is 54.6 Å². The predicted molar refractivity (Wildman–Crippen MR) is 144 cm³/mol. The monoisotopic (exact) mass is 511 g/mol. The molecule has 36 heavy (non-hydrogen) atoms. The van der Waals surface area contributed by atoms with Crippen LogP contribution in [0.4, 0.5) is 16.3 Å². The summed E-state index contributed by atoms with van der Waals surface area (Å²) in [7, 11) is 1.60. The number of nitrogens with zero attached hydrogens (tertiary/aromatic N) is 3. The molecule has 0 saturated carbocycles. The molecular formula is C27H34ClN5O3. The molecule has 0 saturated heterocycles. The molecule has 9 heteroatoms. The fourth-order valence-electron chi connectivity index (χ4n) is 3.56. The van der Waals surface area contributed by atoms with E-state index in [1.54, 1.807) is 36.1 Å². The van der Waals surface area contributed by atoms with E-state index in [1.165, 1.54) is 4.90 Å². The van der Waals surface area contributed by atoms with Crippen LogP contribution in [-0.2, 0) is 14.9 Å². The smallest absolute Gasteiger partial charge is 0.322 e. The van der Waals surface area contributed by atoms with Gasteiger partial charge in [-0.25, -0.2) is 9.48 Å². The van der Waals surface area contributed by atoms with Gasteiger partial charge in [-0.2, -0.15) is 5.10 Å². The van der Waals surface area contributed by atoms with Crippen molar-refractivity contribution in [1.82, 2.24) is 14.7 Å². The second kappa shape index (κ2) is 12.1. The van der Waals surface area contributed by atoms with E-state index in [9.17, 15) is 9.59 Å². The number of benzene rings is 2. The van der Waals surface area contributed by atoms with E-state index in [1.807, 2.05) is 37.3 Å². The van der Waals surface area contributed by atoms with Crippen molar-refractivity contribution in [2.24, 2.45) is 0 Å². The van der Waals surface area contributed by atoms with Gasteiger partial charge in [0.05, 0.1) is 11.4 Å². The number of para-hydroxylation sites is 1. The maximum atomic E-state index is 13.2. The standard InChI is InChI=1S/C27H34ClN5O3/c1-19-9-6-7-10-22(19)33-24(17-23(31-33)27(2,3)4)30-25(34)18-32(15-8-16-36-5)26(35)29-21-13-11-20(28)12-14-21/h6-7,9-14,17H,8,15-16,18H2,1-5H3,(H,29,35)(H,30,34). The maximum Gasteiger partial charge on any atom is 0.322 e. The molecule has 0 atom stereocenters. The van der Waals surface area contributed by atoms with E-state index in [4.69, 9.17) is 21.4 Å². The van der Waals surface area contributed by atoms with Gasteiger partial charge in [0.15, 0.2) is 0 Å². The fraction of sp³-hybridized carbons (Fsp3) is 0.370. The molecule has 0 spiro atoms. The number of ether oxygens (including phenoxy) is 1. The van der Waals surface area contributed by atoms with Crippen LogP contribution < -0.4 is 10.6 Å². The molecule has 0 bridgehead atoms. The topological polar surface area (TPSA) is 88.5 Å². The van der Waals surface area contributed by atoms with Crippen LogP contribution in [0, 0.1) is 6.92 Å². The maximum absolute atomic E-state index is 13.2. The van der Waals surface area contributed by atoms with Crippen molar-refractivity contribution in [2.45, 2.75) is 39.5 Å². The first-order chi connectivity index (χ1) is 17.1. The number of rotatable bonds is 9. The highest BCUT2D eigenvalue weighted by Crippen LogP contribution is 2.27. The van der Waals surface area contributed by atoms with Crippen LogP contribution in [-0.4, -0.2) is 53.4 Å². The fourth-order valence-corrected chi connectivity index (χ4v) is 3.69. The molecule has 3 aromatic rings. The Morgan fingerprint density at radius 1 is 1.08 bits per heavy atom. The van der Waals surface area contributed by atoms with Gasteiger partial charge in [0.1, 0.15) is 12.4 Å². The highest BCUT2D eigenvalue weighted by molar-refractivity contribution is 6.30. The Morgan fingerprint density at radius 3 is 2.42 bits per heavy atom. The third kappa shape index (κ3) is 7.32. The summed E-state index contributed by atoms with van der Waals surface area (Å²) in [6.07, 6.45) is 0.590. The minimum absolute atomic E-state index is 0.132. The van der Waals surface area contributed by atoms with Crippen molar-refractivity contribution in [1.29, 1.82) is 0 Å². The van der Waals surface area contributed by atoms with E-state index in [2.05, 4.69) is 31.4 Å². The quantitative estimate of drug-likeness (QED) is 0.364. The number of nitrogens with one attached hydrogen (secondary N) is 2. The Kier molecular flexibility index (Phi) is 9.12. The molecule has 0 fully saturated rings. The minimum Gasteiger partial charge on any atom is -0.385 e. The van der Waals surface area contributed by atoms with Gasteiger partial charge in [0, 0.05) is 42.5 Å². The zero-order chi connectivity index (χ0) is 26.3. The number of anilines is 2. The number of carbonyl (C=O) groups is 2. The zero-order valence-corrected chi connectivity index (χ0v) is 22.2. The summed E-state index contributed by atoms with van der Waals surface area (Å²) < 4.78 is 6.88. The van der Waals surface area contributed by atoms with Crippen molar-refractivity contribution in [3.8, 4) is 5.69 Å². The Hall–Kier alpha value is -3.36. The molecule has 0 radical (unpaired) electrons. The first-order valence-corrected chi connectivity index (χ1v) is 12.2. The summed E-state index contributed by atoms with van der Waals surface area (Å²) in [5, 5.41) is 11.1. The highest BCUT2D eigenvalue weighted by Gasteiger charge is 2.23. The molecule has 2 aromatic carbocycles. The summed E-state index contributed by atoms with van der Waals surface area (Å²) >= 11 is 5.94. The number of carbonyl (C=O) groups excluding carboxylic acids is 2. The van der Waals surface area contributed by atoms with Crippen molar-refractivity contribution in [3.05, 3.63) is 70.9 Å². The zero-order valence-electron chi connectivity index (χ0n) is 21.5. The van der Waals surface area contributed by atoms with Crippen molar-refractivity contribution in [3.63, 3.8) is 0 Å². The number of aromatic nitrogens is 2. The average molecular weight is 512 g/mol. The molecule has 3 rings (SSSR count). The van der Waals surface area contributed by atoms with Crippen LogP contribution in [0.3, 0.4) is 0 Å². The summed E-state index contributed by atoms with van der Waals surface area (Å²) in [4.78, 5) is 27.6. The molecule has 0 unspecified atom stereocenters. The minimum atomic E-state index is -0.383. The van der Waals surface area contributed by atoms with Crippen LogP contribution in [0.5, 0.6) is 0 Å². The first-order valence-electron chi connectivity index (χ1n) is 11.9. The van der Waals surface area contributed by atoms with Crippen LogP contribution >= 0.6 is 11.6 Å². The normalized spacial score (nSPS) is 11.3. The van der Waals surface area contributed by atoms with Gasteiger partial charge >= 0.3 is 6.03 Å². The molecule has 0 aliphatic heterocycles. The number of hydrogen-bond donors (Lipinski definition) is 2. The molecule has 8 nitrogen and oxygen atoms in total. The number of urea groups is 1. The molecule has 2 N–H and O–H groups in total. The van der Waals surface area contributed by atoms with E-state index in [0.29, 0.717) is 36.1 Å². The van der Waals surface area contributed by atoms with E-state index >= 15 is 0 Å². The third-order valence-corrected chi connectivity index (χ3v) is 5.83.